The normalized spacial score (nSPS) is 23.9. The van der Waals surface area contributed by atoms with Crippen LogP contribution in [0, 0.1) is 5.92 Å². The topological polar surface area (TPSA) is 116 Å². The summed E-state index contributed by atoms with van der Waals surface area (Å²) in [5.74, 6) is -1.38. The van der Waals surface area contributed by atoms with Crippen molar-refractivity contribution in [2.24, 2.45) is 10.3 Å². The summed E-state index contributed by atoms with van der Waals surface area (Å²) in [6, 6.07) is -0.876. The minimum atomic E-state index is -3.44. The van der Waals surface area contributed by atoms with Gasteiger partial charge in [0.25, 0.3) is 15.9 Å². The largest absolute Gasteiger partial charge is 0.480 e. The number of amidine groups is 1. The Bertz CT molecular complexity index is 718. The van der Waals surface area contributed by atoms with Gasteiger partial charge in [-0.2, -0.15) is 0 Å². The summed E-state index contributed by atoms with van der Waals surface area (Å²) in [6.07, 6.45) is 5.98. The summed E-state index contributed by atoms with van der Waals surface area (Å²) in [6.45, 7) is 0.216. The molecule has 1 unspecified atom stereocenters. The van der Waals surface area contributed by atoms with Crippen LogP contribution in [0.2, 0.25) is 0 Å². The SMILES string of the molecule is O=C(NC(C(=O)O)C1CC1)C1=CN2CCS(=O)(=O)N=C2C=C1. The number of nitrogens with zero attached hydrogens (tertiary/aromatic N) is 2. The van der Waals surface area contributed by atoms with Crippen LogP contribution in [-0.4, -0.2) is 54.5 Å². The number of aliphatic carboxylic acids is 1. The van der Waals surface area contributed by atoms with E-state index < -0.39 is 27.9 Å². The summed E-state index contributed by atoms with van der Waals surface area (Å²) in [7, 11) is -3.44. The lowest BCUT2D eigenvalue weighted by Crippen LogP contribution is -2.44. The number of carbonyl (C=O) groups is 2. The van der Waals surface area contributed by atoms with Crippen LogP contribution in [0.25, 0.3) is 0 Å². The number of carbonyl (C=O) groups excluding carboxylic acids is 1. The van der Waals surface area contributed by atoms with Crippen molar-refractivity contribution in [3.63, 3.8) is 0 Å². The summed E-state index contributed by atoms with van der Waals surface area (Å²) in [4.78, 5) is 24.9. The molecule has 0 spiro atoms. The molecule has 1 atom stereocenters. The quantitative estimate of drug-likeness (QED) is 0.717. The Kier molecular flexibility index (Phi) is 3.51. The molecule has 0 bridgehead atoms. The third kappa shape index (κ3) is 3.03. The van der Waals surface area contributed by atoms with Gasteiger partial charge in [0.1, 0.15) is 11.9 Å². The second-order valence-corrected chi connectivity index (χ2v) is 7.23. The number of fused-ring (bicyclic) bond motifs is 1. The van der Waals surface area contributed by atoms with Gasteiger partial charge in [-0.05, 0) is 30.9 Å². The Morgan fingerprint density at radius 3 is 2.73 bits per heavy atom. The molecule has 1 amide bonds. The van der Waals surface area contributed by atoms with E-state index in [0.717, 1.165) is 12.8 Å². The van der Waals surface area contributed by atoms with E-state index >= 15 is 0 Å². The zero-order valence-electron chi connectivity index (χ0n) is 11.6. The van der Waals surface area contributed by atoms with E-state index in [2.05, 4.69) is 9.71 Å². The van der Waals surface area contributed by atoms with Crippen LogP contribution >= 0.6 is 0 Å². The third-order valence-corrected chi connectivity index (χ3v) is 4.90. The van der Waals surface area contributed by atoms with Gasteiger partial charge in [0.15, 0.2) is 0 Å². The van der Waals surface area contributed by atoms with Crippen LogP contribution in [0.1, 0.15) is 12.8 Å². The van der Waals surface area contributed by atoms with E-state index in [0.29, 0.717) is 0 Å². The fraction of sp³-hybridized carbons (Fsp3) is 0.462. The first-order valence-corrected chi connectivity index (χ1v) is 8.49. The predicted molar refractivity (Wildman–Crippen MR) is 77.4 cm³/mol. The summed E-state index contributed by atoms with van der Waals surface area (Å²) < 4.78 is 26.4. The van der Waals surface area contributed by atoms with Crippen LogP contribution in [-0.2, 0) is 19.6 Å². The van der Waals surface area contributed by atoms with Crippen LogP contribution < -0.4 is 5.32 Å². The van der Waals surface area contributed by atoms with Gasteiger partial charge < -0.3 is 15.3 Å². The number of carboxylic acid groups (broad SMARTS) is 1. The number of carboxylic acids is 1. The van der Waals surface area contributed by atoms with Crippen molar-refractivity contribution in [3.8, 4) is 0 Å². The molecule has 2 N–H and O–H groups in total. The van der Waals surface area contributed by atoms with Gasteiger partial charge in [-0.1, -0.05) is 0 Å². The monoisotopic (exact) mass is 325 g/mol. The maximum absolute atomic E-state index is 12.2. The Hall–Kier alpha value is -2.16. The van der Waals surface area contributed by atoms with E-state index in [-0.39, 0.29) is 29.6 Å². The van der Waals surface area contributed by atoms with Crippen LogP contribution in [0.4, 0.5) is 0 Å². The highest BCUT2D eigenvalue weighted by atomic mass is 32.2. The molecule has 3 rings (SSSR count). The number of sulfonamides is 1. The molecule has 118 valence electrons. The Labute approximate surface area is 127 Å². The smallest absolute Gasteiger partial charge is 0.326 e. The maximum atomic E-state index is 12.2. The molecule has 0 saturated heterocycles. The van der Waals surface area contributed by atoms with E-state index in [4.69, 9.17) is 5.11 Å². The molecule has 22 heavy (non-hydrogen) atoms. The zero-order valence-corrected chi connectivity index (χ0v) is 12.4. The molecule has 1 aliphatic carbocycles. The molecular weight excluding hydrogens is 310 g/mol. The molecule has 2 heterocycles. The molecule has 0 radical (unpaired) electrons. The highest BCUT2D eigenvalue weighted by Gasteiger charge is 2.37. The molecule has 1 fully saturated rings. The Balaban J connectivity index is 1.74. The number of nitrogens with one attached hydrogen (secondary N) is 1. The molecule has 1 saturated carbocycles. The number of amides is 1. The fourth-order valence-corrected chi connectivity index (χ4v) is 3.34. The van der Waals surface area contributed by atoms with Crippen molar-refractivity contribution in [3.05, 3.63) is 23.9 Å². The fourth-order valence-electron chi connectivity index (χ4n) is 2.37. The maximum Gasteiger partial charge on any atom is 0.326 e. The van der Waals surface area contributed by atoms with Crippen molar-refractivity contribution in [1.82, 2.24) is 10.2 Å². The van der Waals surface area contributed by atoms with E-state index in [1.165, 1.54) is 18.4 Å². The van der Waals surface area contributed by atoms with Crippen molar-refractivity contribution in [2.45, 2.75) is 18.9 Å². The highest BCUT2D eigenvalue weighted by molar-refractivity contribution is 7.90. The van der Waals surface area contributed by atoms with Gasteiger partial charge in [0.05, 0.1) is 11.3 Å². The minimum absolute atomic E-state index is 0.00752. The Morgan fingerprint density at radius 1 is 1.36 bits per heavy atom. The molecule has 9 heteroatoms. The van der Waals surface area contributed by atoms with Crippen LogP contribution in [0.5, 0.6) is 0 Å². The number of hydrogen-bond acceptors (Lipinski definition) is 5. The highest BCUT2D eigenvalue weighted by Crippen LogP contribution is 2.33. The van der Waals surface area contributed by atoms with E-state index in [1.807, 2.05) is 0 Å². The lowest BCUT2D eigenvalue weighted by Gasteiger charge is -2.27. The first-order chi connectivity index (χ1) is 10.4. The molecule has 3 aliphatic rings. The van der Waals surface area contributed by atoms with Crippen molar-refractivity contribution >= 4 is 27.7 Å². The first-order valence-electron chi connectivity index (χ1n) is 6.88. The second kappa shape index (κ2) is 5.24. The molecule has 0 aromatic rings. The number of hydrogen-bond donors (Lipinski definition) is 2. The second-order valence-electron chi connectivity index (χ2n) is 5.47. The predicted octanol–water partition coefficient (Wildman–Crippen LogP) is -0.537. The molecule has 0 aromatic carbocycles. The molecular formula is C13H15N3O5S. The van der Waals surface area contributed by atoms with Crippen molar-refractivity contribution < 1.29 is 23.1 Å². The standard InChI is InChI=1S/C13H15N3O5S/c17-12(14-11(13(18)19)8-1-2-8)9-3-4-10-15-22(20,21)6-5-16(10)7-9/h3-4,7-8,11H,1-2,5-6H2,(H,14,17)(H,18,19). The number of rotatable bonds is 4. The lowest BCUT2D eigenvalue weighted by molar-refractivity contribution is -0.141. The summed E-state index contributed by atoms with van der Waals surface area (Å²) >= 11 is 0. The van der Waals surface area contributed by atoms with Gasteiger partial charge in [-0.25, -0.2) is 13.2 Å². The summed E-state index contributed by atoms with van der Waals surface area (Å²) in [5, 5.41) is 11.6. The van der Waals surface area contributed by atoms with Gasteiger partial charge in [-0.15, -0.1) is 4.40 Å². The van der Waals surface area contributed by atoms with Crippen LogP contribution in [0.15, 0.2) is 28.3 Å². The van der Waals surface area contributed by atoms with Gasteiger partial charge in [0, 0.05) is 12.7 Å². The Morgan fingerprint density at radius 2 is 2.09 bits per heavy atom. The molecule has 8 nitrogen and oxygen atoms in total. The zero-order chi connectivity index (χ0) is 15.9. The summed E-state index contributed by atoms with van der Waals surface area (Å²) in [5.41, 5.74) is 0.283. The average molecular weight is 325 g/mol. The van der Waals surface area contributed by atoms with E-state index in [1.54, 1.807) is 4.90 Å². The lowest BCUT2D eigenvalue weighted by atomic mass is 10.1. The average Bonchev–Trinajstić information content (AvgIpc) is 3.27. The first kappa shape index (κ1) is 14.8. The molecule has 0 aromatic heterocycles. The van der Waals surface area contributed by atoms with Crippen molar-refractivity contribution in [2.75, 3.05) is 12.3 Å². The van der Waals surface area contributed by atoms with Gasteiger partial charge in [0.2, 0.25) is 0 Å². The van der Waals surface area contributed by atoms with Gasteiger partial charge >= 0.3 is 5.97 Å². The van der Waals surface area contributed by atoms with Gasteiger partial charge in [-0.3, -0.25) is 4.79 Å². The van der Waals surface area contributed by atoms with E-state index in [9.17, 15) is 18.0 Å². The minimum Gasteiger partial charge on any atom is -0.480 e. The van der Waals surface area contributed by atoms with Crippen LogP contribution in [0.3, 0.4) is 0 Å². The molecule has 2 aliphatic heterocycles. The van der Waals surface area contributed by atoms with Crippen molar-refractivity contribution in [1.29, 1.82) is 0 Å². The third-order valence-electron chi connectivity index (χ3n) is 3.73.